The lowest BCUT2D eigenvalue weighted by atomic mass is 10.1. The van der Waals surface area contributed by atoms with Crippen molar-refractivity contribution in [1.29, 1.82) is 0 Å². The van der Waals surface area contributed by atoms with Crippen LogP contribution in [-0.4, -0.2) is 24.5 Å². The number of benzene rings is 1. The topological polar surface area (TPSA) is 29.3 Å². The molecule has 1 unspecified atom stereocenters. The fourth-order valence-electron chi connectivity index (χ4n) is 2.14. The van der Waals surface area contributed by atoms with Crippen molar-refractivity contribution < 1.29 is 0 Å². The Labute approximate surface area is 99.6 Å². The van der Waals surface area contributed by atoms with Crippen LogP contribution in [0.25, 0.3) is 0 Å². The average Bonchev–Trinajstić information content (AvgIpc) is 2.65. The van der Waals surface area contributed by atoms with Crippen molar-refractivity contribution in [2.24, 2.45) is 11.7 Å². The molecular weight excluding hydrogens is 252 g/mol. The van der Waals surface area contributed by atoms with E-state index in [0.29, 0.717) is 5.92 Å². The Hall–Kier alpha value is -0.380. The van der Waals surface area contributed by atoms with Gasteiger partial charge in [0.2, 0.25) is 0 Å². The van der Waals surface area contributed by atoms with Crippen LogP contribution in [0.3, 0.4) is 0 Å². The summed E-state index contributed by atoms with van der Waals surface area (Å²) in [6.45, 7) is 4.22. The van der Waals surface area contributed by atoms with Crippen molar-refractivity contribution in [3.05, 3.63) is 34.3 Å². The van der Waals surface area contributed by atoms with Crippen molar-refractivity contribution in [2.75, 3.05) is 19.6 Å². The summed E-state index contributed by atoms with van der Waals surface area (Å²) in [5.74, 6) is 0.706. The van der Waals surface area contributed by atoms with Crippen LogP contribution < -0.4 is 5.73 Å². The van der Waals surface area contributed by atoms with Gasteiger partial charge in [-0.1, -0.05) is 28.1 Å². The lowest BCUT2D eigenvalue weighted by Gasteiger charge is -2.15. The number of nitrogens with two attached hydrogens (primary N) is 1. The fourth-order valence-corrected chi connectivity index (χ4v) is 2.59. The lowest BCUT2D eigenvalue weighted by molar-refractivity contribution is 0.318. The largest absolute Gasteiger partial charge is 0.330 e. The maximum Gasteiger partial charge on any atom is 0.0234 e. The number of halogens is 1. The predicted octanol–water partition coefficient (Wildman–Crippen LogP) is 2.23. The van der Waals surface area contributed by atoms with E-state index in [9.17, 15) is 0 Å². The minimum absolute atomic E-state index is 0.706. The predicted molar refractivity (Wildman–Crippen MR) is 66.6 cm³/mol. The normalized spacial score (nSPS) is 22.1. The molecular formula is C12H17BrN2. The molecule has 1 aromatic carbocycles. The van der Waals surface area contributed by atoms with Crippen LogP contribution >= 0.6 is 15.9 Å². The third-order valence-corrected chi connectivity index (χ3v) is 3.49. The molecule has 2 rings (SSSR count). The maximum atomic E-state index is 5.68. The highest BCUT2D eigenvalue weighted by Gasteiger charge is 2.20. The summed E-state index contributed by atoms with van der Waals surface area (Å²) in [6.07, 6.45) is 1.25. The second-order valence-electron chi connectivity index (χ2n) is 4.26. The maximum absolute atomic E-state index is 5.68. The van der Waals surface area contributed by atoms with Crippen LogP contribution in [0.1, 0.15) is 12.0 Å². The SMILES string of the molecule is NCC1CCN(Cc2cccc(Br)c2)C1. The molecule has 1 saturated heterocycles. The number of likely N-dealkylation sites (tertiary alicyclic amines) is 1. The number of rotatable bonds is 3. The molecule has 1 heterocycles. The van der Waals surface area contributed by atoms with Crippen LogP contribution in [0.4, 0.5) is 0 Å². The Balaban J connectivity index is 1.92. The minimum atomic E-state index is 0.706. The van der Waals surface area contributed by atoms with Crippen molar-refractivity contribution in [3.63, 3.8) is 0 Å². The molecule has 0 spiro atoms. The van der Waals surface area contributed by atoms with Gasteiger partial charge < -0.3 is 5.73 Å². The van der Waals surface area contributed by atoms with E-state index in [0.717, 1.165) is 24.1 Å². The zero-order valence-corrected chi connectivity index (χ0v) is 10.4. The third-order valence-electron chi connectivity index (χ3n) is 3.00. The molecule has 0 bridgehead atoms. The van der Waals surface area contributed by atoms with Crippen molar-refractivity contribution in [3.8, 4) is 0 Å². The Morgan fingerprint density at radius 2 is 2.33 bits per heavy atom. The zero-order chi connectivity index (χ0) is 10.7. The van der Waals surface area contributed by atoms with E-state index in [1.807, 2.05) is 0 Å². The summed E-state index contributed by atoms with van der Waals surface area (Å²) in [7, 11) is 0. The standard InChI is InChI=1S/C12H17BrN2/c13-12-3-1-2-10(6-12)8-15-5-4-11(7-14)9-15/h1-3,6,11H,4-5,7-9,14H2. The molecule has 3 heteroatoms. The van der Waals surface area contributed by atoms with Crippen LogP contribution in [0.2, 0.25) is 0 Å². The summed E-state index contributed by atoms with van der Waals surface area (Å²) in [6, 6.07) is 8.53. The Morgan fingerprint density at radius 1 is 1.47 bits per heavy atom. The molecule has 82 valence electrons. The van der Waals surface area contributed by atoms with E-state index < -0.39 is 0 Å². The van der Waals surface area contributed by atoms with Crippen LogP contribution in [0.5, 0.6) is 0 Å². The molecule has 0 amide bonds. The van der Waals surface area contributed by atoms with E-state index in [2.05, 4.69) is 45.1 Å². The highest BCUT2D eigenvalue weighted by Crippen LogP contribution is 2.19. The van der Waals surface area contributed by atoms with E-state index >= 15 is 0 Å². The summed E-state index contributed by atoms with van der Waals surface area (Å²) < 4.78 is 1.16. The first-order valence-corrected chi connectivity index (χ1v) is 6.24. The van der Waals surface area contributed by atoms with Crippen molar-refractivity contribution in [2.45, 2.75) is 13.0 Å². The molecule has 1 atom stereocenters. The summed E-state index contributed by atoms with van der Waals surface area (Å²) >= 11 is 3.50. The average molecular weight is 269 g/mol. The molecule has 1 aliphatic heterocycles. The zero-order valence-electron chi connectivity index (χ0n) is 8.82. The quantitative estimate of drug-likeness (QED) is 0.911. The molecule has 1 aromatic rings. The molecule has 0 aromatic heterocycles. The Morgan fingerprint density at radius 3 is 3.00 bits per heavy atom. The molecule has 0 saturated carbocycles. The number of nitrogens with zero attached hydrogens (tertiary/aromatic N) is 1. The number of hydrogen-bond donors (Lipinski definition) is 1. The van der Waals surface area contributed by atoms with E-state index in [-0.39, 0.29) is 0 Å². The van der Waals surface area contributed by atoms with Gasteiger partial charge in [0.25, 0.3) is 0 Å². The van der Waals surface area contributed by atoms with Crippen molar-refractivity contribution >= 4 is 15.9 Å². The Kier molecular flexibility index (Phi) is 3.78. The van der Waals surface area contributed by atoms with E-state index in [1.165, 1.54) is 18.5 Å². The van der Waals surface area contributed by atoms with Gasteiger partial charge in [-0.2, -0.15) is 0 Å². The molecule has 0 radical (unpaired) electrons. The van der Waals surface area contributed by atoms with Crippen LogP contribution in [0.15, 0.2) is 28.7 Å². The first-order valence-electron chi connectivity index (χ1n) is 5.45. The van der Waals surface area contributed by atoms with Gasteiger partial charge in [0.05, 0.1) is 0 Å². The van der Waals surface area contributed by atoms with Gasteiger partial charge in [-0.3, -0.25) is 4.90 Å². The lowest BCUT2D eigenvalue weighted by Crippen LogP contribution is -2.22. The van der Waals surface area contributed by atoms with Gasteiger partial charge in [-0.05, 0) is 43.1 Å². The molecule has 2 nitrogen and oxygen atoms in total. The van der Waals surface area contributed by atoms with Crippen molar-refractivity contribution in [1.82, 2.24) is 4.90 Å². The smallest absolute Gasteiger partial charge is 0.0234 e. The summed E-state index contributed by atoms with van der Waals surface area (Å²) in [5, 5.41) is 0. The second kappa shape index (κ2) is 5.10. The van der Waals surface area contributed by atoms with Gasteiger partial charge in [-0.25, -0.2) is 0 Å². The molecule has 1 fully saturated rings. The summed E-state index contributed by atoms with van der Waals surface area (Å²) in [4.78, 5) is 2.49. The minimum Gasteiger partial charge on any atom is -0.330 e. The Bertz CT molecular complexity index is 327. The van der Waals surface area contributed by atoms with Gasteiger partial charge in [0.15, 0.2) is 0 Å². The van der Waals surface area contributed by atoms with Gasteiger partial charge in [-0.15, -0.1) is 0 Å². The number of hydrogen-bond acceptors (Lipinski definition) is 2. The first kappa shape index (κ1) is 11.1. The van der Waals surface area contributed by atoms with Crippen LogP contribution in [0, 0.1) is 5.92 Å². The summed E-state index contributed by atoms with van der Waals surface area (Å²) in [5.41, 5.74) is 7.06. The van der Waals surface area contributed by atoms with E-state index in [1.54, 1.807) is 0 Å². The first-order chi connectivity index (χ1) is 7.28. The third kappa shape index (κ3) is 3.03. The second-order valence-corrected chi connectivity index (χ2v) is 5.17. The van der Waals surface area contributed by atoms with Crippen LogP contribution in [-0.2, 0) is 6.54 Å². The highest BCUT2D eigenvalue weighted by molar-refractivity contribution is 9.10. The molecule has 0 aliphatic carbocycles. The van der Waals surface area contributed by atoms with Gasteiger partial charge >= 0.3 is 0 Å². The van der Waals surface area contributed by atoms with Gasteiger partial charge in [0, 0.05) is 17.6 Å². The fraction of sp³-hybridized carbons (Fsp3) is 0.500. The molecule has 2 N–H and O–H groups in total. The van der Waals surface area contributed by atoms with E-state index in [4.69, 9.17) is 5.73 Å². The molecule has 15 heavy (non-hydrogen) atoms. The monoisotopic (exact) mass is 268 g/mol. The molecule has 1 aliphatic rings. The highest BCUT2D eigenvalue weighted by atomic mass is 79.9. The van der Waals surface area contributed by atoms with Gasteiger partial charge in [0.1, 0.15) is 0 Å².